The molecule has 3 heterocycles. The van der Waals surface area contributed by atoms with Crippen LogP contribution in [0, 0.1) is 5.41 Å². The number of rotatable bonds is 6. The Kier molecular flexibility index (Phi) is 5.53. The van der Waals surface area contributed by atoms with Crippen LogP contribution in [0.25, 0.3) is 0 Å². The summed E-state index contributed by atoms with van der Waals surface area (Å²) in [5.74, 6) is 0.949. The lowest BCUT2D eigenvalue weighted by Gasteiger charge is -2.42. The van der Waals surface area contributed by atoms with Gasteiger partial charge in [0.25, 0.3) is 0 Å². The van der Waals surface area contributed by atoms with Crippen LogP contribution in [0.3, 0.4) is 0 Å². The first-order chi connectivity index (χ1) is 12.2. The van der Waals surface area contributed by atoms with Gasteiger partial charge in [-0.3, -0.25) is 19.7 Å². The third-order valence-corrected chi connectivity index (χ3v) is 4.86. The minimum absolute atomic E-state index is 0.111. The van der Waals surface area contributed by atoms with Gasteiger partial charge in [0, 0.05) is 51.1 Å². The van der Waals surface area contributed by atoms with Crippen LogP contribution in [0.5, 0.6) is 0 Å². The summed E-state index contributed by atoms with van der Waals surface area (Å²) < 4.78 is 0. The van der Waals surface area contributed by atoms with Crippen LogP contribution in [-0.4, -0.2) is 46.0 Å². The molecule has 0 bridgehead atoms. The van der Waals surface area contributed by atoms with Crippen molar-refractivity contribution in [2.45, 2.75) is 32.1 Å². The highest BCUT2D eigenvalue weighted by Gasteiger charge is 2.41. The number of piperidine rings is 1. The van der Waals surface area contributed by atoms with Crippen LogP contribution >= 0.6 is 0 Å². The van der Waals surface area contributed by atoms with Crippen molar-refractivity contribution in [2.24, 2.45) is 5.41 Å². The average molecular weight is 340 g/mol. The van der Waals surface area contributed by atoms with Gasteiger partial charge in [0.05, 0.1) is 17.3 Å². The minimum atomic E-state index is -0.396. The van der Waals surface area contributed by atoms with E-state index in [1.54, 1.807) is 44.2 Å². The third kappa shape index (κ3) is 4.10. The standard InChI is InChI=1S/C18H24N6O/c1-19-17(25)18(5-2-4-15-12-20-7-9-22-15)6-3-11-24(14-18)16-13-21-8-10-23-16/h7-10,12-13H,2-6,11,14H2,1H3,(H,19,25)/t18-/m1/s1. The first-order valence-corrected chi connectivity index (χ1v) is 8.71. The molecule has 1 atom stereocenters. The lowest BCUT2D eigenvalue weighted by atomic mass is 9.75. The van der Waals surface area contributed by atoms with Gasteiger partial charge in [-0.2, -0.15) is 0 Å². The summed E-state index contributed by atoms with van der Waals surface area (Å²) in [6.07, 6.45) is 14.7. The van der Waals surface area contributed by atoms with Crippen LogP contribution in [-0.2, 0) is 11.2 Å². The molecule has 3 rings (SSSR count). The van der Waals surface area contributed by atoms with Gasteiger partial charge >= 0.3 is 0 Å². The Balaban J connectivity index is 1.70. The predicted molar refractivity (Wildman–Crippen MR) is 94.9 cm³/mol. The lowest BCUT2D eigenvalue weighted by Crippen LogP contribution is -2.51. The van der Waals surface area contributed by atoms with Crippen LogP contribution < -0.4 is 10.2 Å². The molecule has 7 heteroatoms. The van der Waals surface area contributed by atoms with E-state index in [1.807, 2.05) is 0 Å². The molecule has 0 aromatic carbocycles. The van der Waals surface area contributed by atoms with E-state index in [4.69, 9.17) is 0 Å². The Morgan fingerprint density at radius 2 is 2.00 bits per heavy atom. The molecule has 0 spiro atoms. The number of nitrogens with zero attached hydrogens (tertiary/aromatic N) is 5. The Bertz CT molecular complexity index is 680. The quantitative estimate of drug-likeness (QED) is 0.860. The molecule has 132 valence electrons. The van der Waals surface area contributed by atoms with Gasteiger partial charge in [0.2, 0.25) is 5.91 Å². The zero-order valence-electron chi connectivity index (χ0n) is 14.6. The SMILES string of the molecule is CNC(=O)[C@]1(CCCc2cnccn2)CCCN(c2cnccn2)C1. The van der Waals surface area contributed by atoms with Crippen molar-refractivity contribution in [3.63, 3.8) is 0 Å². The highest BCUT2D eigenvalue weighted by atomic mass is 16.2. The molecule has 1 aliphatic heterocycles. The molecule has 1 amide bonds. The van der Waals surface area contributed by atoms with Crippen molar-refractivity contribution in [3.05, 3.63) is 42.9 Å². The number of anilines is 1. The first kappa shape index (κ1) is 17.3. The monoisotopic (exact) mass is 340 g/mol. The number of carbonyl (C=O) groups is 1. The van der Waals surface area contributed by atoms with Gasteiger partial charge in [-0.05, 0) is 32.1 Å². The second-order valence-electron chi connectivity index (χ2n) is 6.50. The number of aryl methyl sites for hydroxylation is 1. The minimum Gasteiger partial charge on any atom is -0.359 e. The van der Waals surface area contributed by atoms with Crippen molar-refractivity contribution >= 4 is 11.7 Å². The smallest absolute Gasteiger partial charge is 0.227 e. The van der Waals surface area contributed by atoms with Gasteiger partial charge in [-0.1, -0.05) is 0 Å². The average Bonchev–Trinajstić information content (AvgIpc) is 2.69. The summed E-state index contributed by atoms with van der Waals surface area (Å²) in [7, 11) is 1.72. The van der Waals surface area contributed by atoms with Crippen molar-refractivity contribution in [1.82, 2.24) is 25.3 Å². The van der Waals surface area contributed by atoms with Crippen LogP contribution in [0.4, 0.5) is 5.82 Å². The van der Waals surface area contributed by atoms with E-state index in [2.05, 4.69) is 30.2 Å². The van der Waals surface area contributed by atoms with E-state index in [-0.39, 0.29) is 5.91 Å². The van der Waals surface area contributed by atoms with E-state index in [1.165, 1.54) is 0 Å². The summed E-state index contributed by atoms with van der Waals surface area (Å²) in [6, 6.07) is 0. The first-order valence-electron chi connectivity index (χ1n) is 8.71. The molecule has 7 nitrogen and oxygen atoms in total. The molecular weight excluding hydrogens is 316 g/mol. The van der Waals surface area contributed by atoms with Crippen molar-refractivity contribution in [2.75, 3.05) is 25.0 Å². The largest absolute Gasteiger partial charge is 0.359 e. The Morgan fingerprint density at radius 3 is 2.68 bits per heavy atom. The molecule has 1 saturated heterocycles. The lowest BCUT2D eigenvalue weighted by molar-refractivity contribution is -0.131. The molecule has 2 aromatic rings. The maximum atomic E-state index is 12.7. The normalized spacial score (nSPS) is 20.3. The highest BCUT2D eigenvalue weighted by molar-refractivity contribution is 5.83. The topological polar surface area (TPSA) is 83.9 Å². The van der Waals surface area contributed by atoms with E-state index < -0.39 is 5.41 Å². The molecule has 1 N–H and O–H groups in total. The number of hydrogen-bond donors (Lipinski definition) is 1. The fraction of sp³-hybridized carbons (Fsp3) is 0.500. The van der Waals surface area contributed by atoms with Crippen LogP contribution in [0.1, 0.15) is 31.4 Å². The molecule has 0 saturated carbocycles. The number of carbonyl (C=O) groups excluding carboxylic acids is 1. The molecule has 1 fully saturated rings. The predicted octanol–water partition coefficient (Wildman–Crippen LogP) is 1.62. The summed E-state index contributed by atoms with van der Waals surface area (Å²) in [6.45, 7) is 1.58. The molecule has 25 heavy (non-hydrogen) atoms. The number of aromatic nitrogens is 4. The van der Waals surface area contributed by atoms with E-state index in [9.17, 15) is 4.79 Å². The Hall–Kier alpha value is -2.57. The Morgan fingerprint density at radius 1 is 1.20 bits per heavy atom. The van der Waals surface area contributed by atoms with Gasteiger partial charge in [-0.15, -0.1) is 0 Å². The molecule has 2 aromatic heterocycles. The number of hydrogen-bond acceptors (Lipinski definition) is 6. The summed E-state index contributed by atoms with van der Waals surface area (Å²) in [4.78, 5) is 31.9. The number of nitrogens with one attached hydrogen (secondary N) is 1. The molecule has 0 aliphatic carbocycles. The molecule has 0 unspecified atom stereocenters. The van der Waals surface area contributed by atoms with Gasteiger partial charge < -0.3 is 10.2 Å². The van der Waals surface area contributed by atoms with Gasteiger partial charge in [0.15, 0.2) is 0 Å². The summed E-state index contributed by atoms with van der Waals surface area (Å²) >= 11 is 0. The van der Waals surface area contributed by atoms with E-state index in [0.29, 0.717) is 6.54 Å². The highest BCUT2D eigenvalue weighted by Crippen LogP contribution is 2.36. The maximum absolute atomic E-state index is 12.7. The summed E-state index contributed by atoms with van der Waals surface area (Å²) in [5.41, 5.74) is 0.573. The second-order valence-corrected chi connectivity index (χ2v) is 6.50. The summed E-state index contributed by atoms with van der Waals surface area (Å²) in [5, 5.41) is 2.87. The Labute approximate surface area is 147 Å². The van der Waals surface area contributed by atoms with Crippen molar-refractivity contribution in [3.8, 4) is 0 Å². The maximum Gasteiger partial charge on any atom is 0.227 e. The van der Waals surface area contributed by atoms with Crippen LogP contribution in [0.2, 0.25) is 0 Å². The third-order valence-electron chi connectivity index (χ3n) is 4.86. The molecular formula is C18H24N6O. The van der Waals surface area contributed by atoms with Crippen molar-refractivity contribution < 1.29 is 4.79 Å². The molecule has 1 aliphatic rings. The zero-order chi connectivity index (χ0) is 17.5. The molecule has 0 radical (unpaired) electrons. The van der Waals surface area contributed by atoms with Crippen molar-refractivity contribution in [1.29, 1.82) is 0 Å². The van der Waals surface area contributed by atoms with Gasteiger partial charge in [-0.25, -0.2) is 4.98 Å². The fourth-order valence-electron chi connectivity index (χ4n) is 3.62. The number of amides is 1. The fourth-order valence-corrected chi connectivity index (χ4v) is 3.62. The van der Waals surface area contributed by atoms with Gasteiger partial charge in [0.1, 0.15) is 5.82 Å². The second kappa shape index (κ2) is 8.00. The van der Waals surface area contributed by atoms with E-state index >= 15 is 0 Å². The van der Waals surface area contributed by atoms with Crippen LogP contribution in [0.15, 0.2) is 37.2 Å². The zero-order valence-corrected chi connectivity index (χ0v) is 14.6. The van der Waals surface area contributed by atoms with E-state index in [0.717, 1.165) is 50.2 Å².